The van der Waals surface area contributed by atoms with Gasteiger partial charge < -0.3 is 14.5 Å². The highest BCUT2D eigenvalue weighted by atomic mass is 32.2. The molecule has 2 aromatic heterocycles. The number of aromatic nitrogens is 2. The van der Waals surface area contributed by atoms with Crippen LogP contribution in [0.25, 0.3) is 5.65 Å². The van der Waals surface area contributed by atoms with Crippen LogP contribution >= 0.6 is 12.2 Å². The number of likely N-dealkylation sites (N-methyl/N-ethyl adjacent to an activating group) is 1. The third-order valence-corrected chi connectivity index (χ3v) is 8.37. The fourth-order valence-corrected chi connectivity index (χ4v) is 5.90. The molecule has 0 bridgehead atoms. The largest absolute Gasteiger partial charge is 0.460 e. The Kier molecular flexibility index (Phi) is 7.01. The first kappa shape index (κ1) is 24.3. The number of carbonyl (C=O) groups excluding carboxylic acids is 1. The first-order chi connectivity index (χ1) is 16.3. The van der Waals surface area contributed by atoms with E-state index in [4.69, 9.17) is 17.0 Å². The van der Waals surface area contributed by atoms with Gasteiger partial charge in [-0.2, -0.15) is 4.72 Å². The SMILES string of the molecule is CNC(=S)C1(c2ccc3nccn3c2)CCCCC1OC(=O)CNS(=O)(=O)c1ccc(C)cc1. The number of carbonyl (C=O) groups is 1. The Labute approximate surface area is 204 Å². The van der Waals surface area contributed by atoms with Gasteiger partial charge in [-0.1, -0.05) is 42.4 Å². The number of benzene rings is 1. The molecule has 10 heteroatoms. The van der Waals surface area contributed by atoms with Gasteiger partial charge in [0.05, 0.1) is 15.3 Å². The summed E-state index contributed by atoms with van der Waals surface area (Å²) in [6.07, 6.45) is 8.17. The van der Waals surface area contributed by atoms with E-state index in [1.54, 1.807) is 25.4 Å². The molecule has 34 heavy (non-hydrogen) atoms. The number of thiocarbonyl (C=S) groups is 1. The number of esters is 1. The summed E-state index contributed by atoms with van der Waals surface area (Å²) in [5.41, 5.74) is 1.97. The number of nitrogens with one attached hydrogen (secondary N) is 2. The second-order valence-corrected chi connectivity index (χ2v) is 10.7. The summed E-state index contributed by atoms with van der Waals surface area (Å²) in [7, 11) is -2.07. The van der Waals surface area contributed by atoms with Gasteiger partial charge in [-0.05, 0) is 49.9 Å². The summed E-state index contributed by atoms with van der Waals surface area (Å²) in [6, 6.07) is 10.3. The van der Waals surface area contributed by atoms with Crippen LogP contribution in [0.1, 0.15) is 36.8 Å². The molecule has 2 unspecified atom stereocenters. The molecule has 1 aliphatic rings. The summed E-state index contributed by atoms with van der Waals surface area (Å²) in [4.78, 5) is 17.8. The van der Waals surface area contributed by atoms with E-state index in [1.807, 2.05) is 35.9 Å². The number of pyridine rings is 1. The van der Waals surface area contributed by atoms with Gasteiger partial charge in [0.15, 0.2) is 0 Å². The van der Waals surface area contributed by atoms with Crippen LogP contribution in [0.3, 0.4) is 0 Å². The molecule has 0 spiro atoms. The van der Waals surface area contributed by atoms with Crippen molar-refractivity contribution in [2.75, 3.05) is 13.6 Å². The molecule has 0 aliphatic heterocycles. The van der Waals surface area contributed by atoms with Gasteiger partial charge in [0.1, 0.15) is 18.3 Å². The van der Waals surface area contributed by atoms with Crippen LogP contribution in [0, 0.1) is 6.92 Å². The van der Waals surface area contributed by atoms with Crippen LogP contribution in [0.4, 0.5) is 0 Å². The summed E-state index contributed by atoms with van der Waals surface area (Å²) in [5.74, 6) is -0.644. The van der Waals surface area contributed by atoms with Crippen molar-refractivity contribution in [2.45, 2.75) is 49.0 Å². The van der Waals surface area contributed by atoms with Crippen LogP contribution in [0.2, 0.25) is 0 Å². The van der Waals surface area contributed by atoms with Crippen molar-refractivity contribution in [1.29, 1.82) is 0 Å². The number of nitrogens with zero attached hydrogens (tertiary/aromatic N) is 2. The summed E-state index contributed by atoms with van der Waals surface area (Å²) < 4.78 is 35.3. The lowest BCUT2D eigenvalue weighted by Crippen LogP contribution is -2.54. The molecule has 0 amide bonds. The molecule has 2 atom stereocenters. The fourth-order valence-electron chi connectivity index (χ4n) is 4.58. The highest BCUT2D eigenvalue weighted by molar-refractivity contribution is 7.89. The first-order valence-electron chi connectivity index (χ1n) is 11.2. The van der Waals surface area contributed by atoms with E-state index in [0.717, 1.165) is 29.6 Å². The molecule has 1 fully saturated rings. The Bertz CT molecular complexity index is 1300. The first-order valence-corrected chi connectivity index (χ1v) is 13.1. The highest BCUT2D eigenvalue weighted by Gasteiger charge is 2.48. The zero-order valence-electron chi connectivity index (χ0n) is 19.2. The third kappa shape index (κ3) is 4.70. The minimum atomic E-state index is -3.83. The molecule has 8 nitrogen and oxygen atoms in total. The van der Waals surface area contributed by atoms with Crippen molar-refractivity contribution in [1.82, 2.24) is 19.4 Å². The van der Waals surface area contributed by atoms with Gasteiger partial charge in [0, 0.05) is 25.6 Å². The fraction of sp³-hybridized carbons (Fsp3) is 0.375. The van der Waals surface area contributed by atoms with E-state index in [0.29, 0.717) is 17.8 Å². The van der Waals surface area contributed by atoms with Gasteiger partial charge in [-0.15, -0.1) is 0 Å². The number of aryl methyl sites for hydroxylation is 1. The molecular formula is C24H28N4O4S2. The predicted octanol–water partition coefficient (Wildman–Crippen LogP) is 2.89. The van der Waals surface area contributed by atoms with Crippen LogP contribution in [0.5, 0.6) is 0 Å². The van der Waals surface area contributed by atoms with Crippen molar-refractivity contribution in [3.63, 3.8) is 0 Å². The van der Waals surface area contributed by atoms with Gasteiger partial charge in [0.25, 0.3) is 0 Å². The van der Waals surface area contributed by atoms with Crippen molar-refractivity contribution >= 4 is 38.8 Å². The Hall–Kier alpha value is -2.82. The van der Waals surface area contributed by atoms with Crippen LogP contribution in [-0.2, 0) is 25.0 Å². The van der Waals surface area contributed by atoms with Crippen molar-refractivity contribution in [3.05, 3.63) is 66.1 Å². The maximum absolute atomic E-state index is 12.8. The number of hydrogen-bond donors (Lipinski definition) is 2. The minimum Gasteiger partial charge on any atom is -0.460 e. The monoisotopic (exact) mass is 500 g/mol. The Morgan fingerprint density at radius 2 is 2.00 bits per heavy atom. The molecule has 2 N–H and O–H groups in total. The van der Waals surface area contributed by atoms with Gasteiger partial charge in [-0.25, -0.2) is 13.4 Å². The maximum atomic E-state index is 12.8. The molecule has 1 aliphatic carbocycles. The lowest BCUT2D eigenvalue weighted by atomic mass is 9.67. The standard InChI is InChI=1S/C24H28N4O4S2/c1-17-6-9-19(10-7-17)34(30,31)27-15-22(29)32-20-5-3-4-12-24(20,23(33)25-2)18-8-11-21-26-13-14-28(21)16-18/h6-11,13-14,16,20,27H,3-5,12,15H2,1-2H3,(H,25,33). The number of sulfonamides is 1. The lowest BCUT2D eigenvalue weighted by Gasteiger charge is -2.44. The topological polar surface area (TPSA) is 102 Å². The molecule has 1 saturated carbocycles. The minimum absolute atomic E-state index is 0.0999. The second-order valence-electron chi connectivity index (χ2n) is 8.52. The number of fused-ring (bicyclic) bond motifs is 1. The zero-order valence-corrected chi connectivity index (χ0v) is 20.8. The van der Waals surface area contributed by atoms with Crippen LogP contribution < -0.4 is 10.0 Å². The van der Waals surface area contributed by atoms with E-state index in [-0.39, 0.29) is 4.90 Å². The summed E-state index contributed by atoms with van der Waals surface area (Å²) in [5, 5.41) is 3.11. The van der Waals surface area contributed by atoms with Crippen molar-refractivity contribution in [3.8, 4) is 0 Å². The summed E-state index contributed by atoms with van der Waals surface area (Å²) >= 11 is 5.76. The van der Waals surface area contributed by atoms with Gasteiger partial charge in [-0.3, -0.25) is 4.79 Å². The lowest BCUT2D eigenvalue weighted by molar-refractivity contribution is -0.151. The van der Waals surface area contributed by atoms with Gasteiger partial charge in [0.2, 0.25) is 10.0 Å². The van der Waals surface area contributed by atoms with Crippen LogP contribution in [-0.4, -0.2) is 48.5 Å². The Balaban J connectivity index is 1.56. The average Bonchev–Trinajstić information content (AvgIpc) is 3.31. The van der Waals surface area contributed by atoms with Gasteiger partial charge >= 0.3 is 5.97 Å². The second kappa shape index (κ2) is 9.81. The molecule has 2 heterocycles. The molecule has 4 rings (SSSR count). The predicted molar refractivity (Wildman–Crippen MR) is 133 cm³/mol. The molecule has 3 aromatic rings. The smallest absolute Gasteiger partial charge is 0.321 e. The third-order valence-electron chi connectivity index (χ3n) is 6.38. The highest BCUT2D eigenvalue weighted by Crippen LogP contribution is 2.42. The van der Waals surface area contributed by atoms with E-state index in [9.17, 15) is 13.2 Å². The number of ether oxygens (including phenoxy) is 1. The van der Waals surface area contributed by atoms with E-state index in [1.165, 1.54) is 12.1 Å². The quantitative estimate of drug-likeness (QED) is 0.380. The van der Waals surface area contributed by atoms with Crippen LogP contribution in [0.15, 0.2) is 59.9 Å². The number of imidazole rings is 1. The zero-order chi connectivity index (χ0) is 24.3. The van der Waals surface area contributed by atoms with E-state index < -0.39 is 34.1 Å². The number of hydrogen-bond acceptors (Lipinski definition) is 6. The van der Waals surface area contributed by atoms with E-state index in [2.05, 4.69) is 15.0 Å². The molecule has 1 aromatic carbocycles. The normalized spacial score (nSPS) is 20.7. The number of rotatable bonds is 7. The molecule has 0 radical (unpaired) electrons. The van der Waals surface area contributed by atoms with Crippen molar-refractivity contribution in [2.24, 2.45) is 0 Å². The van der Waals surface area contributed by atoms with E-state index >= 15 is 0 Å². The summed E-state index contributed by atoms with van der Waals surface area (Å²) in [6.45, 7) is 1.41. The molecular weight excluding hydrogens is 472 g/mol. The average molecular weight is 501 g/mol. The Morgan fingerprint density at radius 3 is 2.74 bits per heavy atom. The van der Waals surface area contributed by atoms with Crippen molar-refractivity contribution < 1.29 is 17.9 Å². The molecule has 0 saturated heterocycles. The Morgan fingerprint density at radius 1 is 1.24 bits per heavy atom. The molecule has 180 valence electrons. The maximum Gasteiger partial charge on any atom is 0.321 e.